The molecule has 2 aromatic rings. The second-order valence-electron chi connectivity index (χ2n) is 4.23. The van der Waals surface area contributed by atoms with Gasteiger partial charge in [-0.05, 0) is 19.1 Å². The lowest BCUT2D eigenvalue weighted by molar-refractivity contribution is -0.140. The number of carbonyl (C=O) groups excluding carboxylic acids is 2. The summed E-state index contributed by atoms with van der Waals surface area (Å²) in [6, 6.07) is 3.56. The molecule has 2 heterocycles. The number of ether oxygens (including phenoxy) is 1. The van der Waals surface area contributed by atoms with Crippen molar-refractivity contribution in [2.75, 3.05) is 20.2 Å². The van der Waals surface area contributed by atoms with E-state index in [9.17, 15) is 9.59 Å². The molecule has 112 valence electrons. The normalized spacial score (nSPS) is 10.4. The molecule has 0 unspecified atom stereocenters. The topological polar surface area (TPSA) is 72.6 Å². The molecular weight excluding hydrogens is 292 g/mol. The van der Waals surface area contributed by atoms with Crippen LogP contribution in [-0.4, -0.2) is 42.0 Å². The molecule has 0 bridgehead atoms. The number of carbonyl (C=O) groups is 2. The van der Waals surface area contributed by atoms with E-state index in [2.05, 4.69) is 9.72 Å². The summed E-state index contributed by atoms with van der Waals surface area (Å²) in [5.74, 6) is 0.0999. The number of aromatic nitrogens is 1. The molecule has 0 aromatic carbocycles. The Kier molecular flexibility index (Phi) is 5.10. The number of nitrogens with zero attached hydrogens (tertiary/aromatic N) is 2. The van der Waals surface area contributed by atoms with E-state index >= 15 is 0 Å². The number of rotatable bonds is 6. The van der Waals surface area contributed by atoms with Gasteiger partial charge < -0.3 is 14.1 Å². The van der Waals surface area contributed by atoms with Crippen LogP contribution >= 0.6 is 11.3 Å². The van der Waals surface area contributed by atoms with Gasteiger partial charge in [0, 0.05) is 18.5 Å². The molecule has 0 saturated heterocycles. The molecule has 7 heteroatoms. The summed E-state index contributed by atoms with van der Waals surface area (Å²) >= 11 is 1.35. The van der Waals surface area contributed by atoms with E-state index in [1.54, 1.807) is 28.7 Å². The van der Waals surface area contributed by atoms with Crippen molar-refractivity contribution in [1.29, 1.82) is 0 Å². The molecule has 0 aliphatic carbocycles. The zero-order valence-electron chi connectivity index (χ0n) is 11.9. The third-order valence-electron chi connectivity index (χ3n) is 2.94. The number of methoxy groups -OCH3 is 1. The summed E-state index contributed by atoms with van der Waals surface area (Å²) in [7, 11) is 1.33. The Labute approximate surface area is 126 Å². The van der Waals surface area contributed by atoms with E-state index < -0.39 is 0 Å². The molecule has 6 nitrogen and oxygen atoms in total. The molecule has 0 aliphatic rings. The molecular formula is C14H16N2O4S. The van der Waals surface area contributed by atoms with Crippen LogP contribution < -0.4 is 0 Å². The van der Waals surface area contributed by atoms with E-state index in [-0.39, 0.29) is 18.3 Å². The second-order valence-corrected chi connectivity index (χ2v) is 5.08. The molecule has 21 heavy (non-hydrogen) atoms. The predicted octanol–water partition coefficient (Wildman–Crippen LogP) is 2.43. The maximum atomic E-state index is 12.3. The Balaban J connectivity index is 2.05. The van der Waals surface area contributed by atoms with Crippen molar-refractivity contribution in [3.63, 3.8) is 0 Å². The standard InChI is InChI=1S/C14H16N2O4S/c1-3-16(7-6-12(17)19-2)14(18)10-9-21-13(15-10)11-5-4-8-20-11/h4-5,8-9H,3,6-7H2,1-2H3. The first kappa shape index (κ1) is 15.2. The average Bonchev–Trinajstić information content (AvgIpc) is 3.17. The second kappa shape index (κ2) is 7.03. The van der Waals surface area contributed by atoms with Gasteiger partial charge >= 0.3 is 5.97 Å². The van der Waals surface area contributed by atoms with Gasteiger partial charge in [-0.1, -0.05) is 0 Å². The van der Waals surface area contributed by atoms with Gasteiger partial charge in [-0.25, -0.2) is 4.98 Å². The molecule has 0 fully saturated rings. The van der Waals surface area contributed by atoms with Crippen LogP contribution in [0.3, 0.4) is 0 Å². The Morgan fingerprint density at radius 1 is 1.48 bits per heavy atom. The number of hydrogen-bond donors (Lipinski definition) is 0. The van der Waals surface area contributed by atoms with Gasteiger partial charge in [0.1, 0.15) is 5.69 Å². The first-order valence-electron chi connectivity index (χ1n) is 6.51. The smallest absolute Gasteiger partial charge is 0.307 e. The number of esters is 1. The van der Waals surface area contributed by atoms with E-state index in [1.165, 1.54) is 18.4 Å². The third kappa shape index (κ3) is 3.69. The SMILES string of the molecule is CCN(CCC(=O)OC)C(=O)c1csc(-c2ccco2)n1. The summed E-state index contributed by atoms with van der Waals surface area (Å²) in [6.45, 7) is 2.67. The molecule has 0 saturated carbocycles. The minimum Gasteiger partial charge on any atom is -0.469 e. The Morgan fingerprint density at radius 2 is 2.29 bits per heavy atom. The van der Waals surface area contributed by atoms with E-state index in [1.807, 2.05) is 6.92 Å². The molecule has 0 radical (unpaired) electrons. The highest BCUT2D eigenvalue weighted by Crippen LogP contribution is 2.24. The van der Waals surface area contributed by atoms with Gasteiger partial charge in [-0.2, -0.15) is 0 Å². The van der Waals surface area contributed by atoms with Crippen molar-refractivity contribution in [3.05, 3.63) is 29.5 Å². The van der Waals surface area contributed by atoms with Gasteiger partial charge in [-0.3, -0.25) is 9.59 Å². The van der Waals surface area contributed by atoms with Gasteiger partial charge in [-0.15, -0.1) is 11.3 Å². The van der Waals surface area contributed by atoms with Crippen LogP contribution in [0.15, 0.2) is 28.2 Å². The summed E-state index contributed by atoms with van der Waals surface area (Å²) in [6.07, 6.45) is 1.73. The van der Waals surface area contributed by atoms with Crippen molar-refractivity contribution < 1.29 is 18.7 Å². The lowest BCUT2D eigenvalue weighted by Gasteiger charge is -2.18. The van der Waals surface area contributed by atoms with Crippen LogP contribution in [0.2, 0.25) is 0 Å². The minimum atomic E-state index is -0.337. The van der Waals surface area contributed by atoms with Crippen molar-refractivity contribution >= 4 is 23.2 Å². The van der Waals surface area contributed by atoms with Crippen molar-refractivity contribution in [2.24, 2.45) is 0 Å². The summed E-state index contributed by atoms with van der Waals surface area (Å²) in [4.78, 5) is 29.4. The highest BCUT2D eigenvalue weighted by Gasteiger charge is 2.19. The third-order valence-corrected chi connectivity index (χ3v) is 3.79. The van der Waals surface area contributed by atoms with Crippen molar-refractivity contribution in [2.45, 2.75) is 13.3 Å². The minimum absolute atomic E-state index is 0.172. The Morgan fingerprint density at radius 3 is 2.90 bits per heavy atom. The highest BCUT2D eigenvalue weighted by molar-refractivity contribution is 7.13. The van der Waals surface area contributed by atoms with E-state index in [4.69, 9.17) is 4.42 Å². The molecule has 0 spiro atoms. The lowest BCUT2D eigenvalue weighted by Crippen LogP contribution is -2.33. The van der Waals surface area contributed by atoms with E-state index in [0.717, 1.165) is 0 Å². The number of thiazole rings is 1. The highest BCUT2D eigenvalue weighted by atomic mass is 32.1. The molecule has 2 aromatic heterocycles. The summed E-state index contributed by atoms with van der Waals surface area (Å²) in [5, 5.41) is 2.36. The largest absolute Gasteiger partial charge is 0.469 e. The van der Waals surface area contributed by atoms with Crippen molar-refractivity contribution in [3.8, 4) is 10.8 Å². The fourth-order valence-electron chi connectivity index (χ4n) is 1.78. The van der Waals surface area contributed by atoms with Crippen LogP contribution in [0, 0.1) is 0 Å². The van der Waals surface area contributed by atoms with Gasteiger partial charge in [0.25, 0.3) is 5.91 Å². The van der Waals surface area contributed by atoms with Gasteiger partial charge in [0.05, 0.1) is 19.8 Å². The molecule has 0 aliphatic heterocycles. The van der Waals surface area contributed by atoms with Crippen LogP contribution in [0.5, 0.6) is 0 Å². The van der Waals surface area contributed by atoms with Gasteiger partial charge in [0.15, 0.2) is 10.8 Å². The lowest BCUT2D eigenvalue weighted by atomic mass is 10.3. The maximum absolute atomic E-state index is 12.3. The zero-order chi connectivity index (χ0) is 15.2. The van der Waals surface area contributed by atoms with E-state index in [0.29, 0.717) is 29.6 Å². The van der Waals surface area contributed by atoms with Gasteiger partial charge in [0.2, 0.25) is 0 Å². The monoisotopic (exact) mass is 308 g/mol. The summed E-state index contributed by atoms with van der Waals surface area (Å²) < 4.78 is 9.84. The Bertz CT molecular complexity index is 606. The zero-order valence-corrected chi connectivity index (χ0v) is 12.7. The number of hydrogen-bond acceptors (Lipinski definition) is 6. The molecule has 1 amide bonds. The maximum Gasteiger partial charge on any atom is 0.307 e. The number of furan rings is 1. The molecule has 2 rings (SSSR count). The van der Waals surface area contributed by atoms with Crippen LogP contribution in [-0.2, 0) is 9.53 Å². The summed E-state index contributed by atoms with van der Waals surface area (Å²) in [5.41, 5.74) is 0.359. The van der Waals surface area contributed by atoms with Crippen molar-refractivity contribution in [1.82, 2.24) is 9.88 Å². The Hall–Kier alpha value is -2.15. The van der Waals surface area contributed by atoms with Crippen LogP contribution in [0.1, 0.15) is 23.8 Å². The quantitative estimate of drug-likeness (QED) is 0.766. The molecule has 0 N–H and O–H groups in total. The fraction of sp³-hybridized carbons (Fsp3) is 0.357. The van der Waals surface area contributed by atoms with Crippen LogP contribution in [0.25, 0.3) is 10.8 Å². The average molecular weight is 308 g/mol. The first-order chi connectivity index (χ1) is 10.2. The number of amides is 1. The predicted molar refractivity (Wildman–Crippen MR) is 78.0 cm³/mol. The fourth-order valence-corrected chi connectivity index (χ4v) is 2.54. The van der Waals surface area contributed by atoms with Crippen LogP contribution in [0.4, 0.5) is 0 Å². The molecule has 0 atom stereocenters. The first-order valence-corrected chi connectivity index (χ1v) is 7.39.